The highest BCUT2D eigenvalue weighted by molar-refractivity contribution is 5.82. The molecule has 40 heavy (non-hydrogen) atoms. The lowest BCUT2D eigenvalue weighted by Crippen LogP contribution is -2.54. The number of hydrogen-bond donors (Lipinski definition) is 1. The van der Waals surface area contributed by atoms with Crippen LogP contribution >= 0.6 is 0 Å². The van der Waals surface area contributed by atoms with Crippen molar-refractivity contribution < 1.29 is 4.79 Å². The van der Waals surface area contributed by atoms with Crippen LogP contribution in [0.1, 0.15) is 50.7 Å². The molecule has 1 atom stereocenters. The van der Waals surface area contributed by atoms with Crippen LogP contribution in [0.15, 0.2) is 91.6 Å². The Morgan fingerprint density at radius 1 is 0.925 bits per heavy atom. The third-order valence-corrected chi connectivity index (χ3v) is 7.68. The quantitative estimate of drug-likeness (QED) is 0.240. The predicted octanol–water partition coefficient (Wildman–Crippen LogP) is 6.24. The SMILES string of the molecule is C=C/C=C(\C=C)CN1CCN(C(=O)[C@H](Cc2ccccc2)NCc2ccc(N(CCCC)CCCC)cc2)CC1. The minimum atomic E-state index is -0.261. The van der Waals surface area contributed by atoms with E-state index in [9.17, 15) is 4.79 Å². The molecule has 0 radical (unpaired) electrons. The first-order chi connectivity index (χ1) is 19.6. The minimum absolute atomic E-state index is 0.191. The van der Waals surface area contributed by atoms with Gasteiger partial charge in [0.1, 0.15) is 0 Å². The Balaban J connectivity index is 1.63. The molecule has 0 aliphatic carbocycles. The number of piperazine rings is 1. The number of allylic oxidation sites excluding steroid dienone is 2. The highest BCUT2D eigenvalue weighted by Gasteiger charge is 2.27. The number of rotatable bonds is 17. The van der Waals surface area contributed by atoms with Crippen molar-refractivity contribution in [2.24, 2.45) is 0 Å². The van der Waals surface area contributed by atoms with E-state index in [1.807, 2.05) is 35.3 Å². The molecule has 1 fully saturated rings. The fourth-order valence-corrected chi connectivity index (χ4v) is 5.17. The van der Waals surface area contributed by atoms with Crippen LogP contribution in [0.3, 0.4) is 0 Å². The Hall–Kier alpha value is -3.15. The zero-order valence-corrected chi connectivity index (χ0v) is 24.9. The standard InChI is InChI=1S/C35H50N4O/c1-5-9-21-38(22-10-6-2)33-19-17-32(18-20-33)28-36-34(27-31-15-12-11-13-16-31)35(40)39-25-23-37(24-26-39)29-30(8-4)14-7-3/h7-8,11-20,34,36H,3-6,9-10,21-29H2,1-2H3/b30-14+/t34-/m0/s1. The van der Waals surface area contributed by atoms with Crippen LogP contribution in [-0.2, 0) is 17.8 Å². The van der Waals surface area contributed by atoms with Crippen molar-refractivity contribution >= 4 is 11.6 Å². The number of carbonyl (C=O) groups excluding carboxylic acids is 1. The summed E-state index contributed by atoms with van der Waals surface area (Å²) in [6.45, 7) is 19.1. The van der Waals surface area contributed by atoms with Crippen molar-refractivity contribution in [2.45, 2.75) is 58.5 Å². The Morgan fingerprint density at radius 2 is 1.57 bits per heavy atom. The van der Waals surface area contributed by atoms with E-state index in [4.69, 9.17) is 0 Å². The lowest BCUT2D eigenvalue weighted by molar-refractivity contribution is -0.135. The number of unbranched alkanes of at least 4 members (excludes halogenated alkanes) is 2. The molecular formula is C35H50N4O. The van der Waals surface area contributed by atoms with Gasteiger partial charge in [-0.3, -0.25) is 9.69 Å². The van der Waals surface area contributed by atoms with Gasteiger partial charge in [-0.1, -0.05) is 101 Å². The van der Waals surface area contributed by atoms with Crippen LogP contribution in [0.25, 0.3) is 0 Å². The van der Waals surface area contributed by atoms with Gasteiger partial charge in [0.15, 0.2) is 0 Å². The number of nitrogens with zero attached hydrogens (tertiary/aromatic N) is 3. The van der Waals surface area contributed by atoms with Gasteiger partial charge in [-0.05, 0) is 48.1 Å². The second kappa shape index (κ2) is 17.5. The maximum atomic E-state index is 13.8. The zero-order valence-electron chi connectivity index (χ0n) is 24.9. The van der Waals surface area contributed by atoms with Gasteiger partial charge in [0.2, 0.25) is 5.91 Å². The van der Waals surface area contributed by atoms with E-state index in [-0.39, 0.29) is 11.9 Å². The van der Waals surface area contributed by atoms with Gasteiger partial charge in [-0.2, -0.15) is 0 Å². The van der Waals surface area contributed by atoms with Crippen LogP contribution < -0.4 is 10.2 Å². The monoisotopic (exact) mass is 542 g/mol. The minimum Gasteiger partial charge on any atom is -0.372 e. The van der Waals surface area contributed by atoms with Crippen molar-refractivity contribution in [3.05, 3.63) is 103 Å². The summed E-state index contributed by atoms with van der Waals surface area (Å²) in [5.41, 5.74) is 4.83. The number of amides is 1. The van der Waals surface area contributed by atoms with Gasteiger partial charge in [-0.25, -0.2) is 0 Å². The summed E-state index contributed by atoms with van der Waals surface area (Å²) in [5, 5.41) is 3.62. The molecule has 0 aromatic heterocycles. The van der Waals surface area contributed by atoms with E-state index in [0.717, 1.165) is 51.4 Å². The van der Waals surface area contributed by atoms with Crippen molar-refractivity contribution in [3.8, 4) is 0 Å². The smallest absolute Gasteiger partial charge is 0.240 e. The fourth-order valence-electron chi connectivity index (χ4n) is 5.17. The molecule has 2 aromatic rings. The van der Waals surface area contributed by atoms with Gasteiger partial charge in [0.05, 0.1) is 6.04 Å². The summed E-state index contributed by atoms with van der Waals surface area (Å²) in [6.07, 6.45) is 11.2. The number of benzene rings is 2. The molecule has 1 aliphatic heterocycles. The van der Waals surface area contributed by atoms with Crippen LogP contribution in [0.5, 0.6) is 0 Å². The predicted molar refractivity (Wildman–Crippen MR) is 171 cm³/mol. The van der Waals surface area contributed by atoms with E-state index in [1.165, 1.54) is 42.5 Å². The third kappa shape index (κ3) is 10.1. The Labute approximate surface area is 243 Å². The number of hydrogen-bond acceptors (Lipinski definition) is 4. The van der Waals surface area contributed by atoms with Gasteiger partial charge >= 0.3 is 0 Å². The van der Waals surface area contributed by atoms with Crippen LogP contribution in [0.4, 0.5) is 5.69 Å². The number of nitrogens with one attached hydrogen (secondary N) is 1. The second-order valence-electron chi connectivity index (χ2n) is 10.8. The van der Waals surface area contributed by atoms with Crippen LogP contribution in [0, 0.1) is 0 Å². The van der Waals surface area contributed by atoms with Crippen LogP contribution in [-0.4, -0.2) is 67.6 Å². The molecule has 1 heterocycles. The largest absolute Gasteiger partial charge is 0.372 e. The Morgan fingerprint density at radius 3 is 2.15 bits per heavy atom. The molecule has 1 N–H and O–H groups in total. The van der Waals surface area contributed by atoms with E-state index in [1.54, 1.807) is 6.08 Å². The number of carbonyl (C=O) groups is 1. The molecule has 5 nitrogen and oxygen atoms in total. The normalized spacial score (nSPS) is 15.1. The summed E-state index contributed by atoms with van der Waals surface area (Å²) in [5.74, 6) is 0.191. The fraction of sp³-hybridized carbons (Fsp3) is 0.457. The van der Waals surface area contributed by atoms with E-state index in [2.05, 4.69) is 78.5 Å². The molecule has 1 saturated heterocycles. The summed E-state index contributed by atoms with van der Waals surface area (Å²) in [6, 6.07) is 19.0. The van der Waals surface area contributed by atoms with Crippen molar-refractivity contribution in [1.29, 1.82) is 0 Å². The highest BCUT2D eigenvalue weighted by atomic mass is 16.2. The molecular weight excluding hydrogens is 492 g/mol. The summed E-state index contributed by atoms with van der Waals surface area (Å²) >= 11 is 0. The molecule has 0 unspecified atom stereocenters. The molecule has 0 saturated carbocycles. The topological polar surface area (TPSA) is 38.8 Å². The van der Waals surface area contributed by atoms with Crippen molar-refractivity contribution in [2.75, 3.05) is 50.7 Å². The van der Waals surface area contributed by atoms with Gasteiger partial charge < -0.3 is 15.1 Å². The average Bonchev–Trinajstić information content (AvgIpc) is 3.00. The van der Waals surface area contributed by atoms with Crippen molar-refractivity contribution in [1.82, 2.24) is 15.1 Å². The maximum absolute atomic E-state index is 13.8. The molecule has 1 amide bonds. The van der Waals surface area contributed by atoms with Gasteiger partial charge in [0.25, 0.3) is 0 Å². The second-order valence-corrected chi connectivity index (χ2v) is 10.8. The maximum Gasteiger partial charge on any atom is 0.240 e. The van der Waals surface area contributed by atoms with Gasteiger partial charge in [-0.15, -0.1) is 0 Å². The first-order valence-corrected chi connectivity index (χ1v) is 15.1. The number of anilines is 1. The first-order valence-electron chi connectivity index (χ1n) is 15.1. The molecule has 0 spiro atoms. The molecule has 216 valence electrons. The molecule has 5 heteroatoms. The van der Waals surface area contributed by atoms with Crippen LogP contribution in [0.2, 0.25) is 0 Å². The first kappa shape index (κ1) is 31.4. The van der Waals surface area contributed by atoms with Gasteiger partial charge in [0, 0.05) is 58.0 Å². The highest BCUT2D eigenvalue weighted by Crippen LogP contribution is 2.18. The molecule has 1 aliphatic rings. The van der Waals surface area contributed by atoms with Crippen molar-refractivity contribution in [3.63, 3.8) is 0 Å². The van der Waals surface area contributed by atoms with E-state index < -0.39 is 0 Å². The van der Waals surface area contributed by atoms with E-state index in [0.29, 0.717) is 13.0 Å². The van der Waals surface area contributed by atoms with E-state index >= 15 is 0 Å². The average molecular weight is 543 g/mol. The molecule has 0 bridgehead atoms. The zero-order chi connectivity index (χ0) is 28.6. The summed E-state index contributed by atoms with van der Waals surface area (Å²) in [7, 11) is 0. The summed E-state index contributed by atoms with van der Waals surface area (Å²) < 4.78 is 0. The lowest BCUT2D eigenvalue weighted by Gasteiger charge is -2.37. The Kier molecular flexibility index (Phi) is 13.7. The Bertz CT molecular complexity index is 1050. The summed E-state index contributed by atoms with van der Waals surface area (Å²) in [4.78, 5) is 20.7. The molecule has 2 aromatic carbocycles. The third-order valence-electron chi connectivity index (χ3n) is 7.68. The lowest BCUT2D eigenvalue weighted by atomic mass is 10.0. The molecule has 3 rings (SSSR count).